The van der Waals surface area contributed by atoms with E-state index < -0.39 is 0 Å². The van der Waals surface area contributed by atoms with Crippen LogP contribution in [0.4, 0.5) is 0 Å². The highest BCUT2D eigenvalue weighted by Gasteiger charge is 2.14. The Morgan fingerprint density at radius 2 is 2.04 bits per heavy atom. The van der Waals surface area contributed by atoms with Crippen LogP contribution in [0.15, 0.2) is 4.99 Å². The first kappa shape index (κ1) is 19.7. The van der Waals surface area contributed by atoms with Crippen molar-refractivity contribution in [2.45, 2.75) is 46.0 Å². The van der Waals surface area contributed by atoms with E-state index in [1.165, 1.54) is 34.8 Å². The molecule has 0 saturated carbocycles. The molecule has 140 valence electrons. The summed E-state index contributed by atoms with van der Waals surface area (Å²) in [6, 6.07) is 0. The van der Waals surface area contributed by atoms with Crippen molar-refractivity contribution in [2.24, 2.45) is 10.9 Å². The van der Waals surface area contributed by atoms with E-state index in [1.807, 2.05) is 11.3 Å². The van der Waals surface area contributed by atoms with Gasteiger partial charge in [0, 0.05) is 38.5 Å². The molecule has 0 aromatic carbocycles. The summed E-state index contributed by atoms with van der Waals surface area (Å²) in [6.45, 7) is 6.05. The number of carbonyl (C=O) groups is 1. The van der Waals surface area contributed by atoms with Gasteiger partial charge < -0.3 is 15.5 Å². The highest BCUT2D eigenvalue weighted by Crippen LogP contribution is 2.26. The summed E-state index contributed by atoms with van der Waals surface area (Å²) in [5.41, 5.74) is 1.31. The Labute approximate surface area is 155 Å². The van der Waals surface area contributed by atoms with Crippen molar-refractivity contribution in [3.05, 3.63) is 15.6 Å². The van der Waals surface area contributed by atoms with Crippen LogP contribution in [0.5, 0.6) is 0 Å². The number of aryl methyl sites for hydroxylation is 2. The number of guanidine groups is 1. The number of likely N-dealkylation sites (N-methyl/N-ethyl adjacent to an activating group) is 1. The predicted octanol–water partition coefficient (Wildman–Crippen LogP) is 1.84. The topological polar surface area (TPSA) is 69.6 Å². The zero-order valence-electron chi connectivity index (χ0n) is 15.9. The van der Waals surface area contributed by atoms with Gasteiger partial charge in [0.2, 0.25) is 5.91 Å². The molecule has 7 heteroatoms. The standard InChI is InChI=1S/C18H31N5OS/c1-13(2)11-20-18(21-12-17(24)23(3)4)19-10-9-16-22-14-7-5-6-8-15(14)25-16/h13H,5-12H2,1-4H3,(H2,19,20,21). The highest BCUT2D eigenvalue weighted by atomic mass is 32.1. The normalized spacial score (nSPS) is 14.4. The van der Waals surface area contributed by atoms with Crippen LogP contribution >= 0.6 is 11.3 Å². The number of rotatable bonds is 7. The van der Waals surface area contributed by atoms with E-state index >= 15 is 0 Å². The minimum absolute atomic E-state index is 0.00162. The maximum absolute atomic E-state index is 11.7. The van der Waals surface area contributed by atoms with Crippen LogP contribution in [-0.4, -0.2) is 55.5 Å². The van der Waals surface area contributed by atoms with Gasteiger partial charge in [-0.05, 0) is 31.6 Å². The fourth-order valence-electron chi connectivity index (χ4n) is 2.56. The lowest BCUT2D eigenvalue weighted by Crippen LogP contribution is -2.41. The summed E-state index contributed by atoms with van der Waals surface area (Å²) in [5, 5.41) is 7.83. The number of fused-ring (bicyclic) bond motifs is 1. The summed E-state index contributed by atoms with van der Waals surface area (Å²) in [4.78, 5) is 24.0. The first-order valence-corrected chi connectivity index (χ1v) is 9.97. The van der Waals surface area contributed by atoms with E-state index in [9.17, 15) is 4.79 Å². The number of hydrogen-bond acceptors (Lipinski definition) is 4. The Hall–Kier alpha value is -1.63. The lowest BCUT2D eigenvalue weighted by molar-refractivity contribution is -0.127. The van der Waals surface area contributed by atoms with Crippen molar-refractivity contribution in [3.8, 4) is 0 Å². The van der Waals surface area contributed by atoms with Crippen molar-refractivity contribution in [1.29, 1.82) is 0 Å². The number of nitrogens with zero attached hydrogens (tertiary/aromatic N) is 3. The molecule has 0 radical (unpaired) electrons. The van der Waals surface area contributed by atoms with Gasteiger partial charge in [-0.3, -0.25) is 4.79 Å². The van der Waals surface area contributed by atoms with Gasteiger partial charge in [-0.2, -0.15) is 0 Å². The Kier molecular flexibility index (Phi) is 7.68. The number of hydrogen-bond donors (Lipinski definition) is 2. The molecule has 0 fully saturated rings. The fraction of sp³-hybridized carbons (Fsp3) is 0.722. The minimum Gasteiger partial charge on any atom is -0.356 e. The molecule has 0 spiro atoms. The summed E-state index contributed by atoms with van der Waals surface area (Å²) < 4.78 is 0. The molecular weight excluding hydrogens is 334 g/mol. The molecule has 0 aliphatic heterocycles. The number of amides is 1. The van der Waals surface area contributed by atoms with Gasteiger partial charge in [0.15, 0.2) is 5.96 Å². The highest BCUT2D eigenvalue weighted by molar-refractivity contribution is 7.11. The van der Waals surface area contributed by atoms with E-state index in [0.29, 0.717) is 11.9 Å². The summed E-state index contributed by atoms with van der Waals surface area (Å²) in [6.07, 6.45) is 5.78. The van der Waals surface area contributed by atoms with E-state index in [2.05, 4.69) is 29.5 Å². The van der Waals surface area contributed by atoms with Crippen LogP contribution in [0.3, 0.4) is 0 Å². The predicted molar refractivity (Wildman–Crippen MR) is 104 cm³/mol. The van der Waals surface area contributed by atoms with Crippen molar-refractivity contribution in [2.75, 3.05) is 33.7 Å². The van der Waals surface area contributed by atoms with Crippen LogP contribution in [0.1, 0.15) is 42.3 Å². The lowest BCUT2D eigenvalue weighted by Gasteiger charge is -2.14. The van der Waals surface area contributed by atoms with E-state index in [1.54, 1.807) is 19.0 Å². The average molecular weight is 366 g/mol. The van der Waals surface area contributed by atoms with Gasteiger partial charge in [0.1, 0.15) is 6.54 Å². The van der Waals surface area contributed by atoms with Gasteiger partial charge in [-0.25, -0.2) is 9.98 Å². The van der Waals surface area contributed by atoms with Gasteiger partial charge in [-0.15, -0.1) is 11.3 Å². The fourth-order valence-corrected chi connectivity index (χ4v) is 3.72. The maximum atomic E-state index is 11.7. The van der Waals surface area contributed by atoms with Crippen molar-refractivity contribution >= 4 is 23.2 Å². The third kappa shape index (κ3) is 6.65. The molecule has 0 atom stereocenters. The molecule has 1 aromatic heterocycles. The molecule has 2 rings (SSSR count). The van der Waals surface area contributed by atoms with Crippen molar-refractivity contribution in [3.63, 3.8) is 0 Å². The van der Waals surface area contributed by atoms with Crippen LogP contribution in [0.2, 0.25) is 0 Å². The molecule has 1 amide bonds. The molecular formula is C18H31N5OS. The number of thiazole rings is 1. The number of carbonyl (C=O) groups excluding carboxylic acids is 1. The zero-order chi connectivity index (χ0) is 18.2. The van der Waals surface area contributed by atoms with E-state index in [-0.39, 0.29) is 12.5 Å². The molecule has 1 aromatic rings. The number of nitrogens with one attached hydrogen (secondary N) is 2. The zero-order valence-corrected chi connectivity index (χ0v) is 16.7. The second-order valence-electron chi connectivity index (χ2n) is 7.09. The van der Waals surface area contributed by atoms with Crippen LogP contribution in [0.25, 0.3) is 0 Å². The third-order valence-corrected chi connectivity index (χ3v) is 5.29. The first-order chi connectivity index (χ1) is 12.0. The SMILES string of the molecule is CC(C)CNC(=NCC(=O)N(C)C)NCCc1nc2c(s1)CCCC2. The quantitative estimate of drug-likeness (QED) is 0.571. The molecule has 0 unspecified atom stereocenters. The second-order valence-corrected chi connectivity index (χ2v) is 8.26. The molecule has 1 heterocycles. The van der Waals surface area contributed by atoms with Gasteiger partial charge in [0.05, 0.1) is 10.7 Å². The Balaban J connectivity index is 1.86. The Morgan fingerprint density at radius 3 is 2.72 bits per heavy atom. The molecule has 1 aliphatic rings. The smallest absolute Gasteiger partial charge is 0.243 e. The molecule has 25 heavy (non-hydrogen) atoms. The van der Waals surface area contributed by atoms with Gasteiger partial charge in [-0.1, -0.05) is 13.8 Å². The number of aromatic nitrogens is 1. The summed E-state index contributed by atoms with van der Waals surface area (Å²) >= 11 is 1.86. The Morgan fingerprint density at radius 1 is 1.28 bits per heavy atom. The number of aliphatic imine (C=N–C) groups is 1. The van der Waals surface area contributed by atoms with Gasteiger partial charge in [0.25, 0.3) is 0 Å². The molecule has 0 saturated heterocycles. The van der Waals surface area contributed by atoms with Crippen LogP contribution in [0, 0.1) is 5.92 Å². The van der Waals surface area contributed by atoms with Gasteiger partial charge >= 0.3 is 0 Å². The van der Waals surface area contributed by atoms with Crippen molar-refractivity contribution in [1.82, 2.24) is 20.5 Å². The average Bonchev–Trinajstić information content (AvgIpc) is 2.98. The van der Waals surface area contributed by atoms with E-state index in [4.69, 9.17) is 4.98 Å². The van der Waals surface area contributed by atoms with Crippen LogP contribution < -0.4 is 10.6 Å². The molecule has 0 bridgehead atoms. The second kappa shape index (κ2) is 9.75. The maximum Gasteiger partial charge on any atom is 0.243 e. The minimum atomic E-state index is -0.00162. The lowest BCUT2D eigenvalue weighted by atomic mass is 10.0. The summed E-state index contributed by atoms with van der Waals surface area (Å²) in [7, 11) is 3.49. The molecule has 2 N–H and O–H groups in total. The largest absolute Gasteiger partial charge is 0.356 e. The summed E-state index contributed by atoms with van der Waals surface area (Å²) in [5.74, 6) is 1.21. The molecule has 1 aliphatic carbocycles. The first-order valence-electron chi connectivity index (χ1n) is 9.15. The van der Waals surface area contributed by atoms with Crippen molar-refractivity contribution < 1.29 is 4.79 Å². The van der Waals surface area contributed by atoms with Crippen LogP contribution in [-0.2, 0) is 24.1 Å². The monoisotopic (exact) mass is 365 g/mol. The third-order valence-electron chi connectivity index (χ3n) is 4.07. The Bertz CT molecular complexity index is 571. The van der Waals surface area contributed by atoms with E-state index in [0.717, 1.165) is 25.9 Å². The molecule has 6 nitrogen and oxygen atoms in total.